The highest BCUT2D eigenvalue weighted by Crippen LogP contribution is 2.32. The fourth-order valence-corrected chi connectivity index (χ4v) is 4.50. The molecule has 170 valence electrons. The van der Waals surface area contributed by atoms with Crippen molar-refractivity contribution in [2.24, 2.45) is 0 Å². The number of aromatic nitrogens is 4. The van der Waals surface area contributed by atoms with Gasteiger partial charge in [0.25, 0.3) is 0 Å². The lowest BCUT2D eigenvalue weighted by atomic mass is 9.99. The zero-order valence-corrected chi connectivity index (χ0v) is 19.1. The first-order chi connectivity index (χ1) is 16.1. The lowest BCUT2D eigenvalue weighted by Gasteiger charge is -2.35. The summed E-state index contributed by atoms with van der Waals surface area (Å²) in [6, 6.07) is 10.4. The molecule has 1 saturated heterocycles. The summed E-state index contributed by atoms with van der Waals surface area (Å²) >= 11 is 0. The SMILES string of the molecule is Cc1nc(Nc2ncc3c(n2)C=C(c2ccccc2C)C3)cc(N2CCN(CCO)CC2)n1. The average Bonchev–Trinajstić information content (AvgIpc) is 3.23. The highest BCUT2D eigenvalue weighted by molar-refractivity contribution is 5.88. The molecule has 8 heteroatoms. The van der Waals surface area contributed by atoms with E-state index in [1.54, 1.807) is 0 Å². The molecule has 3 heterocycles. The molecule has 1 aromatic carbocycles. The number of fused-ring (bicyclic) bond motifs is 1. The summed E-state index contributed by atoms with van der Waals surface area (Å²) in [7, 11) is 0. The Morgan fingerprint density at radius 1 is 1.03 bits per heavy atom. The Balaban J connectivity index is 1.33. The molecule has 3 aromatic rings. The number of aryl methyl sites for hydroxylation is 2. The van der Waals surface area contributed by atoms with Crippen molar-refractivity contribution in [3.05, 3.63) is 64.7 Å². The van der Waals surface area contributed by atoms with E-state index in [0.717, 1.165) is 56.2 Å². The Labute approximate surface area is 194 Å². The van der Waals surface area contributed by atoms with Gasteiger partial charge >= 0.3 is 0 Å². The number of hydrogen-bond donors (Lipinski definition) is 2. The number of aliphatic hydroxyl groups is 1. The minimum absolute atomic E-state index is 0.198. The van der Waals surface area contributed by atoms with E-state index in [-0.39, 0.29) is 6.61 Å². The standard InChI is InChI=1S/C25H29N7O/c1-17-5-3-4-6-21(17)19-13-20-16-26-25(29-22(20)14-19)30-23-15-24(28-18(2)27-23)32-9-7-31(8-10-32)11-12-33/h3-6,14-16,33H,7-13H2,1-2H3,(H,26,27,28,29,30). The summed E-state index contributed by atoms with van der Waals surface area (Å²) in [5.41, 5.74) is 5.90. The molecule has 0 saturated carbocycles. The Morgan fingerprint density at radius 2 is 1.85 bits per heavy atom. The van der Waals surface area contributed by atoms with E-state index in [0.29, 0.717) is 17.6 Å². The molecule has 0 atom stereocenters. The minimum Gasteiger partial charge on any atom is -0.395 e. The van der Waals surface area contributed by atoms with Gasteiger partial charge in [0.2, 0.25) is 5.95 Å². The highest BCUT2D eigenvalue weighted by atomic mass is 16.3. The molecule has 2 aromatic heterocycles. The first kappa shape index (κ1) is 21.5. The van der Waals surface area contributed by atoms with Crippen LogP contribution in [-0.2, 0) is 6.42 Å². The van der Waals surface area contributed by atoms with Crippen molar-refractivity contribution in [2.45, 2.75) is 20.3 Å². The van der Waals surface area contributed by atoms with Crippen molar-refractivity contribution in [1.29, 1.82) is 0 Å². The van der Waals surface area contributed by atoms with Crippen molar-refractivity contribution in [3.63, 3.8) is 0 Å². The van der Waals surface area contributed by atoms with E-state index in [1.165, 1.54) is 16.7 Å². The molecule has 1 aliphatic heterocycles. The fraction of sp³-hybridized carbons (Fsp3) is 0.360. The lowest BCUT2D eigenvalue weighted by Crippen LogP contribution is -2.47. The molecular formula is C25H29N7O. The molecule has 0 amide bonds. The number of allylic oxidation sites excluding steroid dienone is 1. The molecule has 0 spiro atoms. The van der Waals surface area contributed by atoms with Gasteiger partial charge in [0, 0.05) is 57.0 Å². The van der Waals surface area contributed by atoms with Crippen LogP contribution in [0.1, 0.15) is 28.2 Å². The molecular weight excluding hydrogens is 414 g/mol. The number of piperazine rings is 1. The van der Waals surface area contributed by atoms with Gasteiger partial charge in [0.15, 0.2) is 0 Å². The van der Waals surface area contributed by atoms with Crippen LogP contribution in [0.3, 0.4) is 0 Å². The number of aliphatic hydroxyl groups excluding tert-OH is 1. The predicted octanol–water partition coefficient (Wildman–Crippen LogP) is 2.84. The maximum Gasteiger partial charge on any atom is 0.228 e. The van der Waals surface area contributed by atoms with E-state index in [1.807, 2.05) is 19.2 Å². The summed E-state index contributed by atoms with van der Waals surface area (Å²) in [5.74, 6) is 2.83. The maximum absolute atomic E-state index is 9.16. The van der Waals surface area contributed by atoms with Crippen LogP contribution in [0.25, 0.3) is 11.6 Å². The van der Waals surface area contributed by atoms with E-state index < -0.39 is 0 Å². The van der Waals surface area contributed by atoms with Crippen LogP contribution in [0.5, 0.6) is 0 Å². The van der Waals surface area contributed by atoms with Crippen LogP contribution in [0.4, 0.5) is 17.6 Å². The topological polar surface area (TPSA) is 90.3 Å². The number of β-amino-alcohol motifs (C(OH)–C–C–N with tert-alkyl or cyclic N) is 1. The zero-order chi connectivity index (χ0) is 22.8. The third-order valence-corrected chi connectivity index (χ3v) is 6.26. The Morgan fingerprint density at radius 3 is 2.64 bits per heavy atom. The predicted molar refractivity (Wildman–Crippen MR) is 131 cm³/mol. The van der Waals surface area contributed by atoms with Crippen molar-refractivity contribution >= 4 is 29.2 Å². The lowest BCUT2D eigenvalue weighted by molar-refractivity contribution is 0.188. The Hall–Kier alpha value is -3.36. The van der Waals surface area contributed by atoms with Gasteiger partial charge in [-0.3, -0.25) is 4.90 Å². The Kier molecular flexibility index (Phi) is 6.02. The zero-order valence-electron chi connectivity index (χ0n) is 19.1. The first-order valence-electron chi connectivity index (χ1n) is 11.4. The van der Waals surface area contributed by atoms with Crippen molar-refractivity contribution in [2.75, 3.05) is 49.5 Å². The third-order valence-electron chi connectivity index (χ3n) is 6.26. The van der Waals surface area contributed by atoms with Gasteiger partial charge < -0.3 is 15.3 Å². The van der Waals surface area contributed by atoms with Gasteiger partial charge in [-0.25, -0.2) is 19.9 Å². The summed E-state index contributed by atoms with van der Waals surface area (Å²) in [6.07, 6.45) is 4.91. The molecule has 0 radical (unpaired) electrons. The quantitative estimate of drug-likeness (QED) is 0.601. The van der Waals surface area contributed by atoms with Crippen LogP contribution in [0.2, 0.25) is 0 Å². The fourth-order valence-electron chi connectivity index (χ4n) is 4.50. The largest absolute Gasteiger partial charge is 0.395 e. The number of anilines is 3. The van der Waals surface area contributed by atoms with Crippen LogP contribution >= 0.6 is 0 Å². The van der Waals surface area contributed by atoms with Crippen LogP contribution in [0, 0.1) is 13.8 Å². The van der Waals surface area contributed by atoms with Crippen molar-refractivity contribution in [3.8, 4) is 0 Å². The van der Waals surface area contributed by atoms with E-state index in [9.17, 15) is 0 Å². The molecule has 0 unspecified atom stereocenters. The number of nitrogens with one attached hydrogen (secondary N) is 1. The van der Waals surface area contributed by atoms with Crippen molar-refractivity contribution < 1.29 is 5.11 Å². The normalized spacial score (nSPS) is 16.0. The van der Waals surface area contributed by atoms with Gasteiger partial charge in [-0.15, -0.1) is 0 Å². The van der Waals surface area contributed by atoms with E-state index in [2.05, 4.69) is 67.3 Å². The second-order valence-corrected chi connectivity index (χ2v) is 8.60. The Bertz CT molecular complexity index is 1190. The minimum atomic E-state index is 0.198. The molecule has 5 rings (SSSR count). The molecule has 0 bridgehead atoms. The van der Waals surface area contributed by atoms with Crippen LogP contribution < -0.4 is 10.2 Å². The molecule has 1 fully saturated rings. The molecule has 33 heavy (non-hydrogen) atoms. The van der Waals surface area contributed by atoms with Crippen LogP contribution in [0.15, 0.2) is 36.5 Å². The summed E-state index contributed by atoms with van der Waals surface area (Å²) in [4.78, 5) is 23.0. The van der Waals surface area contributed by atoms with Gasteiger partial charge in [-0.2, -0.15) is 0 Å². The second-order valence-electron chi connectivity index (χ2n) is 8.60. The molecule has 1 aliphatic carbocycles. The van der Waals surface area contributed by atoms with E-state index in [4.69, 9.17) is 10.1 Å². The summed E-state index contributed by atoms with van der Waals surface area (Å²) in [6.45, 7) is 8.53. The monoisotopic (exact) mass is 443 g/mol. The number of hydrogen-bond acceptors (Lipinski definition) is 8. The average molecular weight is 444 g/mol. The van der Waals surface area contributed by atoms with Gasteiger partial charge in [0.05, 0.1) is 12.3 Å². The van der Waals surface area contributed by atoms with Crippen LogP contribution in [-0.4, -0.2) is 69.3 Å². The first-order valence-corrected chi connectivity index (χ1v) is 11.4. The van der Waals surface area contributed by atoms with Crippen molar-refractivity contribution in [1.82, 2.24) is 24.8 Å². The van der Waals surface area contributed by atoms with Gasteiger partial charge in [0.1, 0.15) is 17.5 Å². The molecule has 8 nitrogen and oxygen atoms in total. The number of nitrogens with zero attached hydrogens (tertiary/aromatic N) is 6. The van der Waals surface area contributed by atoms with Gasteiger partial charge in [-0.1, -0.05) is 24.3 Å². The van der Waals surface area contributed by atoms with Gasteiger partial charge in [-0.05, 0) is 36.6 Å². The molecule has 2 aliphatic rings. The second kappa shape index (κ2) is 9.25. The molecule has 2 N–H and O–H groups in total. The number of rotatable bonds is 6. The highest BCUT2D eigenvalue weighted by Gasteiger charge is 2.20. The third kappa shape index (κ3) is 4.72. The summed E-state index contributed by atoms with van der Waals surface area (Å²) < 4.78 is 0. The smallest absolute Gasteiger partial charge is 0.228 e. The van der Waals surface area contributed by atoms with E-state index >= 15 is 0 Å². The maximum atomic E-state index is 9.16. The summed E-state index contributed by atoms with van der Waals surface area (Å²) in [5, 5.41) is 12.4. The number of benzene rings is 1.